The monoisotopic (exact) mass is 510 g/mol. The average Bonchev–Trinajstić information content (AvgIpc) is 3.52. The molecule has 0 aliphatic carbocycles. The van der Waals surface area contributed by atoms with Gasteiger partial charge >= 0.3 is 12.1 Å². The molecule has 0 aromatic carbocycles. The van der Waals surface area contributed by atoms with Crippen LogP contribution in [0.25, 0.3) is 11.5 Å². The summed E-state index contributed by atoms with van der Waals surface area (Å²) in [5, 5.41) is 6.38. The van der Waals surface area contributed by atoms with E-state index in [0.29, 0.717) is 37.4 Å². The Morgan fingerprint density at radius 2 is 2.06 bits per heavy atom. The molecule has 0 saturated carbocycles. The lowest BCUT2D eigenvalue weighted by molar-refractivity contribution is -0.154. The first kappa shape index (κ1) is 24.6. The number of alkyl halides is 3. The summed E-state index contributed by atoms with van der Waals surface area (Å²) in [7, 11) is 0. The summed E-state index contributed by atoms with van der Waals surface area (Å²) in [5.41, 5.74) is 0.611. The van der Waals surface area contributed by atoms with Crippen LogP contribution in [0.2, 0.25) is 0 Å². The summed E-state index contributed by atoms with van der Waals surface area (Å²) in [6.45, 7) is 1.21. The Morgan fingerprint density at radius 3 is 2.77 bits per heavy atom. The van der Waals surface area contributed by atoms with Gasteiger partial charge in [-0.2, -0.15) is 13.2 Å². The molecule has 1 fully saturated rings. The van der Waals surface area contributed by atoms with Gasteiger partial charge in [0.1, 0.15) is 11.3 Å². The molecular weight excluding hydrogens is 489 g/mol. The van der Waals surface area contributed by atoms with Crippen molar-refractivity contribution in [3.63, 3.8) is 0 Å². The number of carbonyl (C=O) groups is 2. The van der Waals surface area contributed by atoms with Gasteiger partial charge in [0, 0.05) is 36.7 Å². The van der Waals surface area contributed by atoms with Crippen LogP contribution in [0.5, 0.6) is 5.88 Å². The highest BCUT2D eigenvalue weighted by Gasteiger charge is 2.31. The van der Waals surface area contributed by atoms with Crippen molar-refractivity contribution in [3.05, 3.63) is 46.0 Å². The molecule has 1 aliphatic rings. The first-order chi connectivity index (χ1) is 16.7. The molecule has 1 amide bonds. The van der Waals surface area contributed by atoms with E-state index in [1.54, 1.807) is 11.8 Å². The molecule has 4 rings (SSSR count). The Labute approximate surface area is 201 Å². The number of thiazole rings is 1. The van der Waals surface area contributed by atoms with E-state index in [4.69, 9.17) is 14.0 Å². The van der Waals surface area contributed by atoms with Crippen LogP contribution in [0, 0.1) is 0 Å². The van der Waals surface area contributed by atoms with Crippen LogP contribution >= 0.6 is 11.3 Å². The topological polar surface area (TPSA) is 108 Å². The van der Waals surface area contributed by atoms with Crippen LogP contribution in [0.4, 0.5) is 13.2 Å². The fraction of sp³-hybridized carbons (Fsp3) is 0.409. The molecule has 35 heavy (non-hydrogen) atoms. The molecule has 13 heteroatoms. The summed E-state index contributed by atoms with van der Waals surface area (Å²) >= 11 is 1.44. The van der Waals surface area contributed by atoms with Crippen molar-refractivity contribution in [2.45, 2.75) is 31.9 Å². The van der Waals surface area contributed by atoms with E-state index in [1.807, 2.05) is 5.38 Å². The predicted octanol–water partition coefficient (Wildman–Crippen LogP) is 4.33. The van der Waals surface area contributed by atoms with Gasteiger partial charge in [-0.05, 0) is 31.9 Å². The first-order valence-electron chi connectivity index (χ1n) is 10.8. The highest BCUT2D eigenvalue weighted by Crippen LogP contribution is 2.34. The minimum absolute atomic E-state index is 0.00513. The third-order valence-corrected chi connectivity index (χ3v) is 6.28. The van der Waals surface area contributed by atoms with Gasteiger partial charge in [0.25, 0.3) is 5.91 Å². The van der Waals surface area contributed by atoms with Crippen molar-refractivity contribution < 1.29 is 36.8 Å². The molecule has 0 spiro atoms. The minimum Gasteiger partial charge on any atom is -0.467 e. The van der Waals surface area contributed by atoms with Crippen molar-refractivity contribution in [2.75, 3.05) is 26.3 Å². The van der Waals surface area contributed by atoms with Gasteiger partial charge in [-0.15, -0.1) is 11.3 Å². The highest BCUT2D eigenvalue weighted by molar-refractivity contribution is 7.10. The van der Waals surface area contributed by atoms with Gasteiger partial charge in [-0.3, -0.25) is 4.79 Å². The Kier molecular flexibility index (Phi) is 7.34. The molecule has 0 bridgehead atoms. The summed E-state index contributed by atoms with van der Waals surface area (Å²) in [6, 6.07) is 4.36. The Bertz CT molecular complexity index is 1190. The van der Waals surface area contributed by atoms with Crippen LogP contribution in [0.3, 0.4) is 0 Å². The van der Waals surface area contributed by atoms with E-state index in [-0.39, 0.29) is 29.7 Å². The molecule has 3 aromatic heterocycles. The SMILES string of the molecule is CCOC(=O)c1cc(-c2csc(C3CCN(C(=O)c4cccnc4OCC(F)(F)F)CC3)n2)on1. The Balaban J connectivity index is 1.37. The number of pyridine rings is 1. The number of carbonyl (C=O) groups excluding carboxylic acids is 2. The Morgan fingerprint density at radius 1 is 1.29 bits per heavy atom. The highest BCUT2D eigenvalue weighted by atomic mass is 32.1. The first-order valence-corrected chi connectivity index (χ1v) is 11.7. The number of rotatable bonds is 7. The third-order valence-electron chi connectivity index (χ3n) is 5.27. The average molecular weight is 510 g/mol. The van der Waals surface area contributed by atoms with E-state index < -0.39 is 24.7 Å². The van der Waals surface area contributed by atoms with Crippen LogP contribution in [0.15, 0.2) is 34.3 Å². The number of hydrogen-bond donors (Lipinski definition) is 0. The van der Waals surface area contributed by atoms with E-state index in [1.165, 1.54) is 35.7 Å². The molecule has 1 saturated heterocycles. The molecule has 0 N–H and O–H groups in total. The second-order valence-electron chi connectivity index (χ2n) is 7.69. The Hall–Kier alpha value is -3.48. The van der Waals surface area contributed by atoms with Gasteiger partial charge in [-0.1, -0.05) is 5.16 Å². The fourth-order valence-electron chi connectivity index (χ4n) is 3.60. The zero-order valence-corrected chi connectivity index (χ0v) is 19.4. The summed E-state index contributed by atoms with van der Waals surface area (Å²) < 4.78 is 52.4. The van der Waals surface area contributed by atoms with E-state index in [2.05, 4.69) is 15.1 Å². The summed E-state index contributed by atoms with van der Waals surface area (Å²) in [4.78, 5) is 34.7. The van der Waals surface area contributed by atoms with Gasteiger partial charge in [0.05, 0.1) is 11.6 Å². The van der Waals surface area contributed by atoms with E-state index in [0.717, 1.165) is 5.01 Å². The van der Waals surface area contributed by atoms with Crippen LogP contribution in [-0.4, -0.2) is 64.4 Å². The number of halogens is 3. The van der Waals surface area contributed by atoms with E-state index in [9.17, 15) is 22.8 Å². The maximum atomic E-state index is 12.9. The van der Waals surface area contributed by atoms with E-state index >= 15 is 0 Å². The molecular formula is C22H21F3N4O5S. The number of piperidine rings is 1. The van der Waals surface area contributed by atoms with Crippen LogP contribution in [-0.2, 0) is 4.74 Å². The minimum atomic E-state index is -4.53. The maximum Gasteiger partial charge on any atom is 0.422 e. The molecule has 186 valence electrons. The van der Waals surface area contributed by atoms with Crippen molar-refractivity contribution in [1.82, 2.24) is 20.0 Å². The lowest BCUT2D eigenvalue weighted by Crippen LogP contribution is -2.38. The summed E-state index contributed by atoms with van der Waals surface area (Å²) in [6.07, 6.45) is -2.00. The predicted molar refractivity (Wildman–Crippen MR) is 117 cm³/mol. The van der Waals surface area contributed by atoms with Gasteiger partial charge in [0.15, 0.2) is 18.1 Å². The number of aromatic nitrogens is 3. The quantitative estimate of drug-likeness (QED) is 0.432. The molecule has 0 atom stereocenters. The lowest BCUT2D eigenvalue weighted by atomic mass is 9.97. The van der Waals surface area contributed by atoms with Crippen molar-refractivity contribution >= 4 is 23.2 Å². The number of ether oxygens (including phenoxy) is 2. The number of likely N-dealkylation sites (tertiary alicyclic amines) is 1. The summed E-state index contributed by atoms with van der Waals surface area (Å²) in [5.74, 6) is -0.890. The zero-order chi connectivity index (χ0) is 25.0. The normalized spacial score (nSPS) is 14.7. The molecule has 4 heterocycles. The second-order valence-corrected chi connectivity index (χ2v) is 8.58. The molecule has 0 unspecified atom stereocenters. The van der Waals surface area contributed by atoms with Gasteiger partial charge in [0.2, 0.25) is 5.88 Å². The molecule has 9 nitrogen and oxygen atoms in total. The van der Waals surface area contributed by atoms with Gasteiger partial charge < -0.3 is 18.9 Å². The smallest absolute Gasteiger partial charge is 0.422 e. The number of hydrogen-bond acceptors (Lipinski definition) is 9. The van der Waals surface area contributed by atoms with Gasteiger partial charge in [-0.25, -0.2) is 14.8 Å². The number of esters is 1. The van der Waals surface area contributed by atoms with Crippen molar-refractivity contribution in [1.29, 1.82) is 0 Å². The number of nitrogens with zero attached hydrogens (tertiary/aromatic N) is 4. The number of amides is 1. The molecule has 0 radical (unpaired) electrons. The molecule has 1 aliphatic heterocycles. The van der Waals surface area contributed by atoms with Crippen LogP contribution in [0.1, 0.15) is 51.5 Å². The van der Waals surface area contributed by atoms with Crippen molar-refractivity contribution in [2.24, 2.45) is 0 Å². The molecule has 3 aromatic rings. The zero-order valence-electron chi connectivity index (χ0n) is 18.6. The largest absolute Gasteiger partial charge is 0.467 e. The lowest BCUT2D eigenvalue weighted by Gasteiger charge is -2.31. The van der Waals surface area contributed by atoms with Crippen molar-refractivity contribution in [3.8, 4) is 17.3 Å². The third kappa shape index (κ3) is 5.96. The second kappa shape index (κ2) is 10.4. The fourth-order valence-corrected chi connectivity index (χ4v) is 4.58. The standard InChI is InChI=1S/C22H21F3N4O5S/c1-2-32-21(31)15-10-17(34-28-15)16-11-35-19(27-16)13-5-8-29(9-6-13)20(30)14-4-3-7-26-18(14)33-12-22(23,24)25/h3-4,7,10-11,13H,2,5-6,8-9,12H2,1H3. The van der Waals surface area contributed by atoms with Crippen LogP contribution < -0.4 is 4.74 Å². The maximum absolute atomic E-state index is 12.9.